The summed E-state index contributed by atoms with van der Waals surface area (Å²) in [5.41, 5.74) is 3.36. The molecule has 18 heavy (non-hydrogen) atoms. The van der Waals surface area contributed by atoms with Gasteiger partial charge in [-0.05, 0) is 18.1 Å². The first-order valence-corrected chi connectivity index (χ1v) is 6.60. The van der Waals surface area contributed by atoms with Crippen LogP contribution in [-0.4, -0.2) is 15.3 Å². The van der Waals surface area contributed by atoms with Crippen molar-refractivity contribution in [2.45, 2.75) is 16.3 Å². The van der Waals surface area contributed by atoms with Gasteiger partial charge < -0.3 is 10.3 Å². The minimum atomic E-state index is -1.34. The van der Waals surface area contributed by atoms with Gasteiger partial charge in [-0.2, -0.15) is 0 Å². The molecule has 0 fully saturated rings. The number of aromatic nitrogens is 1. The van der Waals surface area contributed by atoms with E-state index in [0.717, 1.165) is 24.2 Å². The second-order valence-corrected chi connectivity index (χ2v) is 6.61. The standard InChI is InChI=1S/C12H11Cl3N2.ClH/c13-12(14,15)11-10-8(5-6-16-11)7-3-1-2-4-9(7)17-10;/h1-4,11,16-17H,5-6H2;1H. The second kappa shape index (κ2) is 5.10. The number of rotatable bonds is 0. The maximum atomic E-state index is 6.02. The summed E-state index contributed by atoms with van der Waals surface area (Å²) in [5.74, 6) is 0. The van der Waals surface area contributed by atoms with E-state index in [4.69, 9.17) is 34.8 Å². The van der Waals surface area contributed by atoms with E-state index in [1.807, 2.05) is 18.2 Å². The molecule has 0 radical (unpaired) electrons. The third-order valence-electron chi connectivity index (χ3n) is 3.19. The van der Waals surface area contributed by atoms with Gasteiger partial charge in [0, 0.05) is 23.1 Å². The fourth-order valence-electron chi connectivity index (χ4n) is 2.46. The van der Waals surface area contributed by atoms with Crippen molar-refractivity contribution in [1.82, 2.24) is 10.3 Å². The summed E-state index contributed by atoms with van der Waals surface area (Å²) >= 11 is 18.0. The molecular weight excluding hydrogens is 314 g/mol. The first-order chi connectivity index (χ1) is 8.07. The molecule has 1 aromatic carbocycles. The summed E-state index contributed by atoms with van der Waals surface area (Å²) in [6.07, 6.45) is 0.955. The van der Waals surface area contributed by atoms with Gasteiger partial charge in [0.25, 0.3) is 0 Å². The number of para-hydroxylation sites is 1. The van der Waals surface area contributed by atoms with Gasteiger partial charge in [-0.15, -0.1) is 12.4 Å². The molecule has 1 aliphatic heterocycles. The zero-order chi connectivity index (χ0) is 12.0. The molecule has 2 N–H and O–H groups in total. The van der Waals surface area contributed by atoms with Crippen LogP contribution in [0.15, 0.2) is 24.3 Å². The molecule has 2 nitrogen and oxygen atoms in total. The van der Waals surface area contributed by atoms with Gasteiger partial charge in [-0.3, -0.25) is 0 Å². The van der Waals surface area contributed by atoms with Gasteiger partial charge in [0.2, 0.25) is 3.79 Å². The zero-order valence-electron chi connectivity index (χ0n) is 9.34. The number of halogens is 4. The Morgan fingerprint density at radius 2 is 1.89 bits per heavy atom. The van der Waals surface area contributed by atoms with Crippen LogP contribution in [0.2, 0.25) is 0 Å². The molecule has 6 heteroatoms. The number of nitrogens with one attached hydrogen (secondary N) is 2. The van der Waals surface area contributed by atoms with Gasteiger partial charge in [-0.1, -0.05) is 53.0 Å². The van der Waals surface area contributed by atoms with E-state index in [-0.39, 0.29) is 18.4 Å². The van der Waals surface area contributed by atoms with Crippen molar-refractivity contribution < 1.29 is 0 Å². The lowest BCUT2D eigenvalue weighted by Gasteiger charge is -2.29. The van der Waals surface area contributed by atoms with Crippen molar-refractivity contribution in [2.75, 3.05) is 6.54 Å². The molecule has 0 bridgehead atoms. The average Bonchev–Trinajstić information content (AvgIpc) is 2.65. The Kier molecular flexibility index (Phi) is 4.05. The smallest absolute Gasteiger partial charge is 0.211 e. The number of hydrogen-bond acceptors (Lipinski definition) is 1. The topological polar surface area (TPSA) is 27.8 Å². The van der Waals surface area contributed by atoms with E-state index < -0.39 is 3.79 Å². The number of fused-ring (bicyclic) bond motifs is 3. The van der Waals surface area contributed by atoms with Crippen molar-refractivity contribution in [2.24, 2.45) is 0 Å². The van der Waals surface area contributed by atoms with Crippen LogP contribution >= 0.6 is 47.2 Å². The summed E-state index contributed by atoms with van der Waals surface area (Å²) in [6.45, 7) is 0.827. The molecule has 0 aliphatic carbocycles. The molecule has 2 heterocycles. The van der Waals surface area contributed by atoms with Gasteiger partial charge in [0.1, 0.15) is 0 Å². The minimum Gasteiger partial charge on any atom is -0.357 e. The van der Waals surface area contributed by atoms with Gasteiger partial charge >= 0.3 is 0 Å². The summed E-state index contributed by atoms with van der Waals surface area (Å²) in [7, 11) is 0. The van der Waals surface area contributed by atoms with Crippen molar-refractivity contribution >= 4 is 58.1 Å². The molecule has 0 saturated carbocycles. The fourth-order valence-corrected chi connectivity index (χ4v) is 3.02. The Bertz CT molecular complexity index is 559. The summed E-state index contributed by atoms with van der Waals surface area (Å²) in [4.78, 5) is 3.36. The lowest BCUT2D eigenvalue weighted by atomic mass is 10.00. The predicted octanol–water partition coefficient (Wildman–Crippen LogP) is 4.15. The molecule has 0 amide bonds. The van der Waals surface area contributed by atoms with Crippen molar-refractivity contribution in [1.29, 1.82) is 0 Å². The number of benzene rings is 1. The quantitative estimate of drug-likeness (QED) is 0.700. The fraction of sp³-hybridized carbons (Fsp3) is 0.333. The maximum Gasteiger partial charge on any atom is 0.211 e. The van der Waals surface area contributed by atoms with Crippen LogP contribution in [0.1, 0.15) is 17.3 Å². The van der Waals surface area contributed by atoms with Crippen LogP contribution in [0, 0.1) is 0 Å². The molecule has 98 valence electrons. The van der Waals surface area contributed by atoms with Crippen molar-refractivity contribution in [3.05, 3.63) is 35.5 Å². The summed E-state index contributed by atoms with van der Waals surface area (Å²) in [5, 5.41) is 4.47. The third kappa shape index (κ3) is 2.33. The predicted molar refractivity (Wildman–Crippen MR) is 80.3 cm³/mol. The zero-order valence-corrected chi connectivity index (χ0v) is 12.4. The van der Waals surface area contributed by atoms with E-state index in [0.29, 0.717) is 0 Å². The third-order valence-corrected chi connectivity index (χ3v) is 3.84. The largest absolute Gasteiger partial charge is 0.357 e. The van der Waals surface area contributed by atoms with Crippen LogP contribution in [0.25, 0.3) is 10.9 Å². The lowest BCUT2D eigenvalue weighted by Crippen LogP contribution is -2.37. The van der Waals surface area contributed by atoms with Gasteiger partial charge in [-0.25, -0.2) is 0 Å². The Labute approximate surface area is 126 Å². The second-order valence-electron chi connectivity index (χ2n) is 4.24. The summed E-state index contributed by atoms with van der Waals surface area (Å²) < 4.78 is -1.34. The van der Waals surface area contributed by atoms with Crippen LogP contribution in [0.5, 0.6) is 0 Å². The molecule has 1 unspecified atom stereocenters. The first kappa shape index (κ1) is 14.3. The number of aromatic amines is 1. The Balaban J connectivity index is 0.00000120. The van der Waals surface area contributed by atoms with Gasteiger partial charge in [0.05, 0.1) is 6.04 Å². The lowest BCUT2D eigenvalue weighted by molar-refractivity contribution is 0.504. The van der Waals surface area contributed by atoms with Crippen molar-refractivity contribution in [3.63, 3.8) is 0 Å². The highest BCUT2D eigenvalue weighted by molar-refractivity contribution is 6.68. The van der Waals surface area contributed by atoms with Crippen LogP contribution in [0.3, 0.4) is 0 Å². The van der Waals surface area contributed by atoms with E-state index in [1.165, 1.54) is 10.9 Å². The molecule has 1 aromatic heterocycles. The number of hydrogen-bond donors (Lipinski definition) is 2. The molecule has 0 saturated heterocycles. The molecule has 0 spiro atoms. The Morgan fingerprint density at radius 1 is 1.17 bits per heavy atom. The van der Waals surface area contributed by atoms with E-state index in [1.54, 1.807) is 0 Å². The first-order valence-electron chi connectivity index (χ1n) is 5.47. The van der Waals surface area contributed by atoms with Gasteiger partial charge in [0.15, 0.2) is 0 Å². The maximum absolute atomic E-state index is 6.02. The van der Waals surface area contributed by atoms with Crippen molar-refractivity contribution in [3.8, 4) is 0 Å². The highest BCUT2D eigenvalue weighted by atomic mass is 35.6. The average molecular weight is 326 g/mol. The normalized spacial score (nSPS) is 19.4. The molecule has 1 atom stereocenters. The number of H-pyrrole nitrogens is 1. The SMILES string of the molecule is Cl.ClC(Cl)(Cl)C1NCCc2c1[nH]c1ccccc21. The van der Waals surface area contributed by atoms with E-state index in [9.17, 15) is 0 Å². The molecule has 3 rings (SSSR count). The minimum absolute atomic E-state index is 0. The van der Waals surface area contributed by atoms with Crippen LogP contribution < -0.4 is 5.32 Å². The van der Waals surface area contributed by atoms with Crippen LogP contribution in [-0.2, 0) is 6.42 Å². The highest BCUT2D eigenvalue weighted by Crippen LogP contribution is 2.43. The molecular formula is C12H12Cl4N2. The Hall–Kier alpha value is -0.120. The molecule has 2 aromatic rings. The summed E-state index contributed by atoms with van der Waals surface area (Å²) in [6, 6.07) is 7.91. The van der Waals surface area contributed by atoms with E-state index >= 15 is 0 Å². The number of alkyl halides is 3. The highest BCUT2D eigenvalue weighted by Gasteiger charge is 2.38. The monoisotopic (exact) mass is 324 g/mol. The molecule has 1 aliphatic rings. The van der Waals surface area contributed by atoms with Crippen LogP contribution in [0.4, 0.5) is 0 Å². The Morgan fingerprint density at radius 3 is 2.61 bits per heavy atom. The van der Waals surface area contributed by atoms with E-state index in [2.05, 4.69) is 16.4 Å².